The molecule has 0 radical (unpaired) electrons. The molecule has 0 unspecified atom stereocenters. The summed E-state index contributed by atoms with van der Waals surface area (Å²) >= 11 is 5.70. The maximum Gasteiger partial charge on any atom is 0.485 e. The van der Waals surface area contributed by atoms with Crippen LogP contribution in [0.2, 0.25) is 0 Å². The Balaban J connectivity index is 0.000000281. The minimum Gasteiger partial charge on any atom is -0.741 e. The zero-order chi connectivity index (χ0) is 13.1. The predicted molar refractivity (Wildman–Crippen MR) is 51.0 cm³/mol. The fourth-order valence-electron chi connectivity index (χ4n) is 0.463. The molecule has 16 heavy (non-hydrogen) atoms. The third-order valence-electron chi connectivity index (χ3n) is 1.10. The van der Waals surface area contributed by atoms with Gasteiger partial charge in [-0.3, -0.25) is 0 Å². The fraction of sp³-hybridized carbons (Fsp3) is 0.600. The van der Waals surface area contributed by atoms with Crippen LogP contribution in [0.4, 0.5) is 13.2 Å². The van der Waals surface area contributed by atoms with Gasteiger partial charge in [0, 0.05) is 5.10 Å². The molecule has 0 aromatic carbocycles. The third-order valence-corrected chi connectivity index (χ3v) is 3.06. The number of hydrogen-bond acceptors (Lipinski definition) is 6. The summed E-state index contributed by atoms with van der Waals surface area (Å²) in [4.78, 5) is 1.16. The number of hydrogen-bond donors (Lipinski definition) is 1. The van der Waals surface area contributed by atoms with Crippen LogP contribution in [0.1, 0.15) is 4.88 Å². The van der Waals surface area contributed by atoms with Crippen molar-refractivity contribution in [1.82, 2.24) is 5.10 Å². The Hall–Kier alpha value is -0.390. The topological polar surface area (TPSA) is 74.0 Å². The summed E-state index contributed by atoms with van der Waals surface area (Å²) in [6.45, 7) is 2.00. The van der Waals surface area contributed by atoms with E-state index in [0.717, 1.165) is 9.90 Å². The molecule has 0 aliphatic carbocycles. The van der Waals surface area contributed by atoms with Crippen LogP contribution in [-0.4, -0.2) is 23.6 Å². The molecular formula is C5H7F3N2O3S3. The normalized spacial score (nSPS) is 11.9. The smallest absolute Gasteiger partial charge is 0.485 e. The highest BCUT2D eigenvalue weighted by Crippen LogP contribution is 2.20. The Labute approximate surface area is 99.2 Å². The van der Waals surface area contributed by atoms with Gasteiger partial charge in [0.15, 0.2) is 33.7 Å². The van der Waals surface area contributed by atoms with E-state index in [9.17, 15) is 13.2 Å². The first-order chi connectivity index (χ1) is 6.95. The van der Waals surface area contributed by atoms with Gasteiger partial charge in [0.25, 0.3) is 0 Å². The van der Waals surface area contributed by atoms with E-state index in [0.29, 0.717) is 0 Å². The van der Waals surface area contributed by atoms with Crippen molar-refractivity contribution >= 4 is 34.3 Å². The zero-order valence-electron chi connectivity index (χ0n) is 8.02. The van der Waals surface area contributed by atoms with Gasteiger partial charge in [0.2, 0.25) is 0 Å². The number of halogens is 3. The molecular weight excluding hydrogens is 289 g/mol. The quantitative estimate of drug-likeness (QED) is 0.329. The number of thiol groups is 1. The lowest BCUT2D eigenvalue weighted by Gasteiger charge is -2.08. The molecule has 0 N–H and O–H groups in total. The highest BCUT2D eigenvalue weighted by Gasteiger charge is 2.36. The van der Waals surface area contributed by atoms with Crippen LogP contribution in [-0.2, 0) is 17.2 Å². The van der Waals surface area contributed by atoms with E-state index in [1.807, 2.05) is 14.0 Å². The largest absolute Gasteiger partial charge is 0.741 e. The zero-order valence-corrected chi connectivity index (χ0v) is 10.5. The van der Waals surface area contributed by atoms with Gasteiger partial charge < -0.3 is 4.55 Å². The van der Waals surface area contributed by atoms with Crippen LogP contribution in [0.3, 0.4) is 0 Å². The lowest BCUT2D eigenvalue weighted by molar-refractivity contribution is -0.666. The second kappa shape index (κ2) is 5.29. The van der Waals surface area contributed by atoms with Crippen molar-refractivity contribution in [2.45, 2.75) is 17.5 Å². The summed E-state index contributed by atoms with van der Waals surface area (Å²) in [7, 11) is -4.19. The highest BCUT2D eigenvalue weighted by atomic mass is 32.2. The number of nitrogens with zero attached hydrogens (tertiary/aromatic N) is 2. The van der Waals surface area contributed by atoms with Crippen molar-refractivity contribution in [3.05, 3.63) is 4.88 Å². The maximum atomic E-state index is 10.7. The second-order valence-corrected chi connectivity index (χ2v) is 5.55. The van der Waals surface area contributed by atoms with Gasteiger partial charge >= 0.3 is 5.51 Å². The third kappa shape index (κ3) is 5.09. The number of aromatic nitrogens is 2. The first kappa shape index (κ1) is 15.6. The molecule has 0 aliphatic rings. The summed E-state index contributed by atoms with van der Waals surface area (Å²) in [5.41, 5.74) is -5.65. The predicted octanol–water partition coefficient (Wildman–Crippen LogP) is 0.616. The van der Waals surface area contributed by atoms with E-state index in [4.69, 9.17) is 13.0 Å². The monoisotopic (exact) mass is 296 g/mol. The minimum atomic E-state index is -6.09. The van der Waals surface area contributed by atoms with E-state index in [2.05, 4.69) is 17.7 Å². The Morgan fingerprint density at radius 2 is 1.88 bits per heavy atom. The summed E-state index contributed by atoms with van der Waals surface area (Å²) in [5, 5.41) is 4.84. The lowest BCUT2D eigenvalue weighted by Crippen LogP contribution is -2.25. The SMILES string of the molecule is Cc1s[n+](C)nc1S.O=S(=O)([O-])C(F)(F)F. The summed E-state index contributed by atoms with van der Waals surface area (Å²) < 4.78 is 60.7. The Bertz CT molecular complexity index is 434. The molecule has 1 heterocycles. The van der Waals surface area contributed by atoms with Crippen LogP contribution in [0.25, 0.3) is 0 Å². The van der Waals surface area contributed by atoms with Gasteiger partial charge in [-0.05, 0) is 11.0 Å². The minimum absolute atomic E-state index is 0.831. The van der Waals surface area contributed by atoms with Gasteiger partial charge in [-0.1, -0.05) is 0 Å². The van der Waals surface area contributed by atoms with Crippen LogP contribution in [0.5, 0.6) is 0 Å². The van der Waals surface area contributed by atoms with Gasteiger partial charge in [-0.15, -0.1) is 12.6 Å². The molecule has 0 fully saturated rings. The van der Waals surface area contributed by atoms with E-state index in [-0.39, 0.29) is 0 Å². The molecule has 0 spiro atoms. The molecule has 1 rings (SSSR count). The summed E-state index contributed by atoms with van der Waals surface area (Å²) in [5.74, 6) is 0. The Kier molecular flexibility index (Phi) is 5.16. The van der Waals surface area contributed by atoms with E-state index in [1.165, 1.54) is 0 Å². The molecule has 0 saturated carbocycles. The highest BCUT2D eigenvalue weighted by molar-refractivity contribution is 7.86. The van der Waals surface area contributed by atoms with E-state index >= 15 is 0 Å². The molecule has 1 aromatic rings. The first-order valence-corrected chi connectivity index (χ1v) is 6.13. The van der Waals surface area contributed by atoms with Crippen molar-refractivity contribution in [2.75, 3.05) is 0 Å². The molecule has 0 amide bonds. The molecule has 0 bridgehead atoms. The molecule has 0 aliphatic heterocycles. The van der Waals surface area contributed by atoms with Gasteiger partial charge in [0.05, 0.1) is 0 Å². The van der Waals surface area contributed by atoms with Crippen LogP contribution >= 0.6 is 24.2 Å². The Morgan fingerprint density at radius 1 is 1.50 bits per heavy atom. The Morgan fingerprint density at radius 3 is 1.94 bits per heavy atom. The van der Waals surface area contributed by atoms with Gasteiger partial charge in [-0.25, -0.2) is 8.42 Å². The summed E-state index contributed by atoms with van der Waals surface area (Å²) in [6, 6.07) is 0. The lowest BCUT2D eigenvalue weighted by atomic mass is 10.6. The summed E-state index contributed by atoms with van der Waals surface area (Å²) in [6.07, 6.45) is 0. The molecule has 0 atom stereocenters. The molecule has 0 saturated heterocycles. The molecule has 5 nitrogen and oxygen atoms in total. The number of aryl methyl sites for hydroxylation is 2. The maximum absolute atomic E-state index is 10.7. The average Bonchev–Trinajstić information content (AvgIpc) is 2.26. The van der Waals surface area contributed by atoms with Crippen LogP contribution in [0, 0.1) is 6.92 Å². The van der Waals surface area contributed by atoms with Crippen LogP contribution in [0.15, 0.2) is 5.03 Å². The van der Waals surface area contributed by atoms with E-state index < -0.39 is 15.6 Å². The average molecular weight is 296 g/mol. The van der Waals surface area contributed by atoms with Crippen molar-refractivity contribution in [1.29, 1.82) is 0 Å². The molecule has 11 heteroatoms. The number of rotatable bonds is 0. The van der Waals surface area contributed by atoms with Gasteiger partial charge in [0.1, 0.15) is 4.88 Å². The van der Waals surface area contributed by atoms with Crippen molar-refractivity contribution < 1.29 is 30.2 Å². The number of alkyl halides is 3. The van der Waals surface area contributed by atoms with Crippen molar-refractivity contribution in [3.8, 4) is 0 Å². The standard InChI is InChI=1S/C4H6N2S2.CHF3O3S/c1-3-4(7)5-6(2)8-3;2-1(3,4)8(5,6)7/h1-2H3;(H,5,6,7). The first-order valence-electron chi connectivity index (χ1n) is 3.50. The van der Waals surface area contributed by atoms with Crippen molar-refractivity contribution in [3.63, 3.8) is 0 Å². The fourth-order valence-corrected chi connectivity index (χ4v) is 1.42. The molecule has 1 aromatic heterocycles. The second-order valence-electron chi connectivity index (χ2n) is 2.44. The van der Waals surface area contributed by atoms with E-state index in [1.54, 1.807) is 15.6 Å². The van der Waals surface area contributed by atoms with Gasteiger partial charge in [-0.2, -0.15) is 13.2 Å². The van der Waals surface area contributed by atoms with Crippen LogP contribution < -0.4 is 4.07 Å². The molecule has 94 valence electrons. The van der Waals surface area contributed by atoms with Crippen molar-refractivity contribution in [2.24, 2.45) is 7.05 Å².